The van der Waals surface area contributed by atoms with E-state index in [0.717, 1.165) is 24.2 Å². The van der Waals surface area contributed by atoms with Gasteiger partial charge in [0.2, 0.25) is 0 Å². The number of benzene rings is 1. The SMILES string of the molecule is CC(C)c1cc(C(=O)c2cccc(NC(=O)Nc3cc(C4CC4)n[nH]3)c2)c2c(N)ncnn12. The van der Waals surface area contributed by atoms with Gasteiger partial charge in [0.1, 0.15) is 17.7 Å². The topological polar surface area (TPSA) is 143 Å². The van der Waals surface area contributed by atoms with Crippen LogP contribution in [0.5, 0.6) is 0 Å². The number of urea groups is 1. The molecule has 0 bridgehead atoms. The van der Waals surface area contributed by atoms with E-state index < -0.39 is 6.03 Å². The minimum atomic E-state index is -0.431. The molecule has 4 aromatic rings. The molecule has 3 heterocycles. The summed E-state index contributed by atoms with van der Waals surface area (Å²) in [6.45, 7) is 4.04. The average Bonchev–Trinajstić information content (AvgIpc) is 3.40. The van der Waals surface area contributed by atoms with Crippen molar-refractivity contribution in [2.45, 2.75) is 38.5 Å². The first-order chi connectivity index (χ1) is 15.9. The second-order valence-electron chi connectivity index (χ2n) is 8.51. The summed E-state index contributed by atoms with van der Waals surface area (Å²) in [7, 11) is 0. The highest BCUT2D eigenvalue weighted by Gasteiger charge is 2.26. The quantitative estimate of drug-likeness (QED) is 0.332. The van der Waals surface area contributed by atoms with Gasteiger partial charge in [0.15, 0.2) is 11.6 Å². The van der Waals surface area contributed by atoms with Crippen LogP contribution in [0.3, 0.4) is 0 Å². The molecule has 0 spiro atoms. The normalized spacial score (nSPS) is 13.4. The Morgan fingerprint density at radius 3 is 2.76 bits per heavy atom. The van der Waals surface area contributed by atoms with E-state index in [1.165, 1.54) is 6.33 Å². The van der Waals surface area contributed by atoms with Crippen LogP contribution in [0.2, 0.25) is 0 Å². The maximum absolute atomic E-state index is 13.4. The Bertz CT molecular complexity index is 1370. The standard InChI is InChI=1S/C23H24N8O2/c1-12(2)18-9-16(20-22(24)25-11-26-31(18)20)21(32)14-4-3-5-15(8-14)27-23(33)28-19-10-17(29-30-19)13-6-7-13/h3-5,8-13H,6-7H2,1-2H3,(H2,24,25,26)(H3,27,28,29,30,33). The van der Waals surface area contributed by atoms with Crippen LogP contribution in [0.15, 0.2) is 42.7 Å². The molecule has 2 amide bonds. The lowest BCUT2D eigenvalue weighted by Gasteiger charge is -2.08. The van der Waals surface area contributed by atoms with Gasteiger partial charge in [0, 0.05) is 28.9 Å². The Morgan fingerprint density at radius 1 is 1.18 bits per heavy atom. The van der Waals surface area contributed by atoms with Crippen molar-refractivity contribution < 1.29 is 9.59 Å². The monoisotopic (exact) mass is 444 g/mol. The summed E-state index contributed by atoms with van der Waals surface area (Å²) in [5, 5.41) is 16.8. The van der Waals surface area contributed by atoms with E-state index in [9.17, 15) is 9.59 Å². The fraction of sp³-hybridized carbons (Fsp3) is 0.261. The predicted molar refractivity (Wildman–Crippen MR) is 125 cm³/mol. The van der Waals surface area contributed by atoms with Crippen molar-refractivity contribution in [1.82, 2.24) is 24.8 Å². The smallest absolute Gasteiger partial charge is 0.324 e. The number of carbonyl (C=O) groups excluding carboxylic acids is 2. The second-order valence-corrected chi connectivity index (χ2v) is 8.51. The third-order valence-electron chi connectivity index (χ3n) is 5.67. The number of hydrogen-bond donors (Lipinski definition) is 4. The number of nitrogens with two attached hydrogens (primary N) is 1. The molecular weight excluding hydrogens is 420 g/mol. The highest BCUT2D eigenvalue weighted by molar-refractivity contribution is 6.15. The van der Waals surface area contributed by atoms with Crippen molar-refractivity contribution in [3.05, 3.63) is 65.2 Å². The summed E-state index contributed by atoms with van der Waals surface area (Å²) in [6, 6.07) is 9.97. The number of nitrogens with one attached hydrogen (secondary N) is 3. The highest BCUT2D eigenvalue weighted by atomic mass is 16.2. The van der Waals surface area contributed by atoms with Crippen LogP contribution >= 0.6 is 0 Å². The summed E-state index contributed by atoms with van der Waals surface area (Å²) in [4.78, 5) is 29.9. The van der Waals surface area contributed by atoms with E-state index in [0.29, 0.717) is 34.1 Å². The van der Waals surface area contributed by atoms with Crippen molar-refractivity contribution >= 4 is 34.7 Å². The molecule has 0 radical (unpaired) electrons. The molecule has 1 fully saturated rings. The van der Waals surface area contributed by atoms with Gasteiger partial charge in [-0.2, -0.15) is 10.2 Å². The summed E-state index contributed by atoms with van der Waals surface area (Å²) < 4.78 is 1.66. The Balaban J connectivity index is 1.37. The fourth-order valence-corrected chi connectivity index (χ4v) is 3.84. The van der Waals surface area contributed by atoms with E-state index in [1.807, 2.05) is 19.9 Å². The van der Waals surface area contributed by atoms with E-state index in [-0.39, 0.29) is 17.5 Å². The number of fused-ring (bicyclic) bond motifs is 1. The van der Waals surface area contributed by atoms with Gasteiger partial charge in [-0.1, -0.05) is 26.0 Å². The molecule has 5 rings (SSSR count). The summed E-state index contributed by atoms with van der Waals surface area (Å²) in [5.74, 6) is 1.15. The number of anilines is 3. The Labute approximate surface area is 189 Å². The zero-order valence-corrected chi connectivity index (χ0v) is 18.3. The molecule has 0 saturated heterocycles. The largest absolute Gasteiger partial charge is 0.382 e. The van der Waals surface area contributed by atoms with Crippen molar-refractivity contribution in [2.24, 2.45) is 0 Å². The zero-order valence-electron chi connectivity index (χ0n) is 18.3. The zero-order chi connectivity index (χ0) is 23.1. The molecule has 5 N–H and O–H groups in total. The molecule has 3 aromatic heterocycles. The lowest BCUT2D eigenvalue weighted by Crippen LogP contribution is -2.19. The second kappa shape index (κ2) is 8.05. The molecular formula is C23H24N8O2. The van der Waals surface area contributed by atoms with E-state index in [1.54, 1.807) is 34.8 Å². The summed E-state index contributed by atoms with van der Waals surface area (Å²) in [5.41, 5.74) is 9.70. The van der Waals surface area contributed by atoms with Crippen molar-refractivity contribution in [2.75, 3.05) is 16.4 Å². The molecule has 0 aliphatic heterocycles. The van der Waals surface area contributed by atoms with Gasteiger partial charge in [-0.05, 0) is 37.0 Å². The third-order valence-corrected chi connectivity index (χ3v) is 5.67. The molecule has 1 aliphatic carbocycles. The van der Waals surface area contributed by atoms with Gasteiger partial charge in [-0.25, -0.2) is 14.3 Å². The molecule has 10 nitrogen and oxygen atoms in total. The average molecular weight is 444 g/mol. The number of nitrogen functional groups attached to an aromatic ring is 1. The van der Waals surface area contributed by atoms with Crippen molar-refractivity contribution in [1.29, 1.82) is 0 Å². The van der Waals surface area contributed by atoms with Crippen LogP contribution < -0.4 is 16.4 Å². The minimum absolute atomic E-state index is 0.132. The molecule has 1 aliphatic rings. The first kappa shape index (κ1) is 20.7. The molecule has 10 heteroatoms. The fourth-order valence-electron chi connectivity index (χ4n) is 3.84. The van der Waals surface area contributed by atoms with Crippen LogP contribution in [-0.2, 0) is 0 Å². The van der Waals surface area contributed by atoms with E-state index >= 15 is 0 Å². The number of aromatic amines is 1. The first-order valence-electron chi connectivity index (χ1n) is 10.8. The number of hydrogen-bond acceptors (Lipinski definition) is 6. The number of H-pyrrole nitrogens is 1. The van der Waals surface area contributed by atoms with Gasteiger partial charge >= 0.3 is 6.03 Å². The molecule has 0 unspecified atom stereocenters. The van der Waals surface area contributed by atoms with Gasteiger partial charge in [0.25, 0.3) is 0 Å². The number of amides is 2. The number of aromatic nitrogens is 5. The maximum Gasteiger partial charge on any atom is 0.324 e. The molecule has 1 aromatic carbocycles. The molecule has 33 heavy (non-hydrogen) atoms. The molecule has 1 saturated carbocycles. The Morgan fingerprint density at radius 2 is 2.00 bits per heavy atom. The number of rotatable bonds is 6. The number of nitrogens with zero attached hydrogens (tertiary/aromatic N) is 4. The Kier molecular flexibility index (Phi) is 5.04. The van der Waals surface area contributed by atoms with Crippen molar-refractivity contribution in [3.63, 3.8) is 0 Å². The third kappa shape index (κ3) is 4.02. The maximum atomic E-state index is 13.4. The van der Waals surface area contributed by atoms with Crippen molar-refractivity contribution in [3.8, 4) is 0 Å². The summed E-state index contributed by atoms with van der Waals surface area (Å²) >= 11 is 0. The molecule has 168 valence electrons. The van der Waals surface area contributed by atoms with Gasteiger partial charge in [-0.3, -0.25) is 15.2 Å². The summed E-state index contributed by atoms with van der Waals surface area (Å²) in [6.07, 6.45) is 3.63. The highest BCUT2D eigenvalue weighted by Crippen LogP contribution is 2.39. The van der Waals surface area contributed by atoms with Gasteiger partial charge in [-0.15, -0.1) is 0 Å². The van der Waals surface area contributed by atoms with Crippen LogP contribution in [0.25, 0.3) is 5.52 Å². The van der Waals surface area contributed by atoms with Crippen LogP contribution in [-0.4, -0.2) is 36.6 Å². The van der Waals surface area contributed by atoms with Crippen LogP contribution in [0.4, 0.5) is 22.1 Å². The van der Waals surface area contributed by atoms with Crippen LogP contribution in [0, 0.1) is 0 Å². The van der Waals surface area contributed by atoms with E-state index in [4.69, 9.17) is 5.73 Å². The number of carbonyl (C=O) groups is 2. The lowest BCUT2D eigenvalue weighted by atomic mass is 10.0. The first-order valence-corrected chi connectivity index (χ1v) is 10.8. The predicted octanol–water partition coefficient (Wildman–Crippen LogP) is 3.91. The number of ketones is 1. The van der Waals surface area contributed by atoms with Gasteiger partial charge < -0.3 is 11.1 Å². The molecule has 0 atom stereocenters. The van der Waals surface area contributed by atoms with E-state index in [2.05, 4.69) is 30.9 Å². The van der Waals surface area contributed by atoms with Gasteiger partial charge in [0.05, 0.1) is 11.3 Å². The van der Waals surface area contributed by atoms with Crippen LogP contribution in [0.1, 0.15) is 65.8 Å². The minimum Gasteiger partial charge on any atom is -0.382 e. The Hall–Kier alpha value is -4.21. The lowest BCUT2D eigenvalue weighted by molar-refractivity contribution is 0.104.